The van der Waals surface area contributed by atoms with Gasteiger partial charge < -0.3 is 20.3 Å². The molecule has 2 aliphatic heterocycles. The van der Waals surface area contributed by atoms with Gasteiger partial charge >= 0.3 is 0 Å². The molecule has 8 nitrogen and oxygen atoms in total. The molecule has 0 aromatic rings. The van der Waals surface area contributed by atoms with Crippen molar-refractivity contribution in [3.8, 4) is 0 Å². The second-order valence-electron chi connectivity index (χ2n) is 6.37. The number of carbonyl (C=O) groups excluding carboxylic acids is 3. The van der Waals surface area contributed by atoms with E-state index in [9.17, 15) is 14.4 Å². The Labute approximate surface area is 145 Å². The van der Waals surface area contributed by atoms with Gasteiger partial charge in [0.1, 0.15) is 5.50 Å². The van der Waals surface area contributed by atoms with Crippen molar-refractivity contribution < 1.29 is 19.1 Å². The van der Waals surface area contributed by atoms with Gasteiger partial charge in [-0.2, -0.15) is 0 Å². The molecule has 3 rings (SSSR count). The third kappa shape index (κ3) is 5.35. The largest absolute Gasteiger partial charge is 0.378 e. The molecule has 9 heteroatoms. The van der Waals surface area contributed by atoms with E-state index < -0.39 is 0 Å². The maximum absolute atomic E-state index is 12.2. The zero-order valence-electron chi connectivity index (χ0n) is 13.6. The van der Waals surface area contributed by atoms with Crippen LogP contribution in [0.1, 0.15) is 25.7 Å². The number of amides is 3. The van der Waals surface area contributed by atoms with E-state index in [4.69, 9.17) is 4.74 Å². The van der Waals surface area contributed by atoms with Gasteiger partial charge in [-0.25, -0.2) is 0 Å². The topological polar surface area (TPSA) is 99.8 Å². The normalized spacial score (nSPS) is 27.5. The summed E-state index contributed by atoms with van der Waals surface area (Å²) in [5.74, 6) is 0.235. The minimum atomic E-state index is -0.338. The Morgan fingerprint density at radius 2 is 2.04 bits per heavy atom. The molecule has 2 saturated heterocycles. The molecular weight excluding hydrogens is 332 g/mol. The number of nitrogens with one attached hydrogen (secondary N) is 3. The van der Waals surface area contributed by atoms with Crippen molar-refractivity contribution >= 4 is 29.5 Å². The second-order valence-corrected chi connectivity index (χ2v) is 7.46. The molecule has 2 unspecified atom stereocenters. The molecule has 2 heterocycles. The zero-order valence-corrected chi connectivity index (χ0v) is 14.4. The molecule has 3 fully saturated rings. The average Bonchev–Trinajstić information content (AvgIpc) is 3.36. The minimum absolute atomic E-state index is 0.0159. The van der Waals surface area contributed by atoms with Gasteiger partial charge in [-0.15, -0.1) is 11.8 Å². The summed E-state index contributed by atoms with van der Waals surface area (Å²) in [6, 6.07) is 0.139. The van der Waals surface area contributed by atoms with Crippen LogP contribution in [0.3, 0.4) is 0 Å². The molecule has 0 aromatic carbocycles. The van der Waals surface area contributed by atoms with Gasteiger partial charge in [0.05, 0.1) is 19.0 Å². The molecule has 24 heavy (non-hydrogen) atoms. The predicted molar refractivity (Wildman–Crippen MR) is 89.1 cm³/mol. The van der Waals surface area contributed by atoms with E-state index in [1.807, 2.05) is 0 Å². The Morgan fingerprint density at radius 1 is 1.29 bits per heavy atom. The van der Waals surface area contributed by atoms with Crippen LogP contribution in [0, 0.1) is 0 Å². The fourth-order valence-electron chi connectivity index (χ4n) is 2.76. The van der Waals surface area contributed by atoms with Crippen molar-refractivity contribution in [3.05, 3.63) is 0 Å². The number of ether oxygens (including phenoxy) is 1. The maximum Gasteiger partial charge on any atom is 0.232 e. The summed E-state index contributed by atoms with van der Waals surface area (Å²) in [6.07, 6.45) is 2.67. The molecule has 3 N–H and O–H groups in total. The smallest absolute Gasteiger partial charge is 0.232 e. The standard InChI is InChI=1S/C15H24N4O4S/c20-12(16-10-1-2-10)7-11-8-13(21)18-15(17-11)24-9-14(22)19-3-5-23-6-4-19/h10-11,15,17H,1-9H2,(H,16,20)(H,18,21). The lowest BCUT2D eigenvalue weighted by Crippen LogP contribution is -2.56. The van der Waals surface area contributed by atoms with Gasteiger partial charge in [0.2, 0.25) is 17.7 Å². The Hall–Kier alpha value is -1.32. The zero-order chi connectivity index (χ0) is 16.9. The van der Waals surface area contributed by atoms with Crippen LogP contribution >= 0.6 is 11.8 Å². The van der Waals surface area contributed by atoms with Crippen LogP contribution in [-0.4, -0.2) is 72.3 Å². The first-order valence-corrected chi connectivity index (χ1v) is 9.47. The van der Waals surface area contributed by atoms with Crippen LogP contribution in [0.4, 0.5) is 0 Å². The monoisotopic (exact) mass is 356 g/mol. The fraction of sp³-hybridized carbons (Fsp3) is 0.800. The third-order valence-corrected chi connectivity index (χ3v) is 5.22. The quantitative estimate of drug-likeness (QED) is 0.565. The van der Waals surface area contributed by atoms with E-state index in [1.54, 1.807) is 4.90 Å². The van der Waals surface area contributed by atoms with E-state index in [0.29, 0.717) is 44.5 Å². The van der Waals surface area contributed by atoms with E-state index in [-0.39, 0.29) is 35.7 Å². The summed E-state index contributed by atoms with van der Waals surface area (Å²) in [5.41, 5.74) is -0.338. The van der Waals surface area contributed by atoms with Gasteiger partial charge in [-0.3, -0.25) is 19.7 Å². The predicted octanol–water partition coefficient (Wildman–Crippen LogP) is -0.991. The molecule has 134 valence electrons. The van der Waals surface area contributed by atoms with Crippen molar-refractivity contribution in [2.75, 3.05) is 32.1 Å². The van der Waals surface area contributed by atoms with Gasteiger partial charge in [0, 0.05) is 38.0 Å². The maximum atomic E-state index is 12.2. The van der Waals surface area contributed by atoms with Gasteiger partial charge in [0.15, 0.2) is 0 Å². The Balaban J connectivity index is 1.41. The lowest BCUT2D eigenvalue weighted by atomic mass is 10.1. The number of hydrogen-bond donors (Lipinski definition) is 3. The highest BCUT2D eigenvalue weighted by Gasteiger charge is 2.30. The third-order valence-electron chi connectivity index (χ3n) is 4.22. The Bertz CT molecular complexity index is 494. The first kappa shape index (κ1) is 17.5. The van der Waals surface area contributed by atoms with E-state index in [2.05, 4.69) is 16.0 Å². The van der Waals surface area contributed by atoms with E-state index in [0.717, 1.165) is 12.8 Å². The van der Waals surface area contributed by atoms with Crippen molar-refractivity contribution in [1.82, 2.24) is 20.9 Å². The first-order chi connectivity index (χ1) is 11.6. The molecule has 3 amide bonds. The van der Waals surface area contributed by atoms with Crippen LogP contribution in [0.15, 0.2) is 0 Å². The molecule has 0 spiro atoms. The Kier molecular flexibility index (Phi) is 5.96. The summed E-state index contributed by atoms with van der Waals surface area (Å²) >= 11 is 1.35. The number of carbonyl (C=O) groups is 3. The number of morpholine rings is 1. The summed E-state index contributed by atoms with van der Waals surface area (Å²) in [4.78, 5) is 37.7. The average molecular weight is 356 g/mol. The summed E-state index contributed by atoms with van der Waals surface area (Å²) in [7, 11) is 0. The van der Waals surface area contributed by atoms with Gasteiger partial charge in [-0.05, 0) is 12.8 Å². The highest BCUT2D eigenvalue weighted by molar-refractivity contribution is 8.00. The van der Waals surface area contributed by atoms with Gasteiger partial charge in [0.25, 0.3) is 0 Å². The fourth-order valence-corrected chi connectivity index (χ4v) is 3.76. The molecule has 1 aliphatic carbocycles. The molecule has 0 aromatic heterocycles. The van der Waals surface area contributed by atoms with Crippen LogP contribution in [0.2, 0.25) is 0 Å². The highest BCUT2D eigenvalue weighted by atomic mass is 32.2. The second kappa shape index (κ2) is 8.17. The SMILES string of the molecule is O=C(CC1CC(=O)NC(SCC(=O)N2CCOCC2)N1)NC1CC1. The number of rotatable bonds is 6. The van der Waals surface area contributed by atoms with Crippen molar-refractivity contribution in [2.24, 2.45) is 0 Å². The van der Waals surface area contributed by atoms with Crippen molar-refractivity contribution in [1.29, 1.82) is 0 Å². The first-order valence-electron chi connectivity index (χ1n) is 8.42. The van der Waals surface area contributed by atoms with Crippen LogP contribution in [0.5, 0.6) is 0 Å². The van der Waals surface area contributed by atoms with E-state index in [1.165, 1.54) is 11.8 Å². The molecule has 3 aliphatic rings. The molecule has 2 atom stereocenters. The summed E-state index contributed by atoms with van der Waals surface area (Å²) < 4.78 is 5.23. The summed E-state index contributed by atoms with van der Waals surface area (Å²) in [6.45, 7) is 2.39. The van der Waals surface area contributed by atoms with Crippen molar-refractivity contribution in [2.45, 2.75) is 43.3 Å². The number of nitrogens with zero attached hydrogens (tertiary/aromatic N) is 1. The van der Waals surface area contributed by atoms with Crippen molar-refractivity contribution in [3.63, 3.8) is 0 Å². The molecule has 0 bridgehead atoms. The highest BCUT2D eigenvalue weighted by Crippen LogP contribution is 2.20. The van der Waals surface area contributed by atoms with Crippen LogP contribution in [0.25, 0.3) is 0 Å². The lowest BCUT2D eigenvalue weighted by Gasteiger charge is -2.32. The number of thioether (sulfide) groups is 1. The van der Waals surface area contributed by atoms with Crippen LogP contribution in [-0.2, 0) is 19.1 Å². The lowest BCUT2D eigenvalue weighted by molar-refractivity contribution is -0.132. The summed E-state index contributed by atoms with van der Waals surface area (Å²) in [5, 5.41) is 8.99. The molecule has 1 saturated carbocycles. The molecular formula is C15H24N4O4S. The molecule has 0 radical (unpaired) electrons. The van der Waals surface area contributed by atoms with Crippen LogP contribution < -0.4 is 16.0 Å². The van der Waals surface area contributed by atoms with Gasteiger partial charge in [-0.1, -0.05) is 0 Å². The van der Waals surface area contributed by atoms with E-state index >= 15 is 0 Å². The minimum Gasteiger partial charge on any atom is -0.378 e. The number of hydrogen-bond acceptors (Lipinski definition) is 6. The Morgan fingerprint density at radius 3 is 2.75 bits per heavy atom.